The van der Waals surface area contributed by atoms with Crippen LogP contribution in [-0.2, 0) is 4.79 Å². The summed E-state index contributed by atoms with van der Waals surface area (Å²) in [6.45, 7) is 3.04. The molecule has 0 spiro atoms. The second-order valence-electron chi connectivity index (χ2n) is 7.46. The third-order valence-electron chi connectivity index (χ3n) is 5.12. The molecule has 0 bridgehead atoms. The van der Waals surface area contributed by atoms with Gasteiger partial charge < -0.3 is 10.6 Å². The van der Waals surface area contributed by atoms with Crippen LogP contribution in [0.5, 0.6) is 0 Å². The fourth-order valence-corrected chi connectivity index (χ4v) is 3.31. The summed E-state index contributed by atoms with van der Waals surface area (Å²) in [6, 6.07) is 19.3. The highest BCUT2D eigenvalue weighted by Crippen LogP contribution is 2.31. The highest BCUT2D eigenvalue weighted by atomic mass is 16.5. The molecule has 3 rings (SSSR count). The number of nitrogens with zero attached hydrogens (tertiary/aromatic N) is 1. The Morgan fingerprint density at radius 1 is 0.848 bits per heavy atom. The molecule has 0 heterocycles. The van der Waals surface area contributed by atoms with Crippen molar-refractivity contribution in [2.75, 3.05) is 25.0 Å². The van der Waals surface area contributed by atoms with Gasteiger partial charge in [-0.05, 0) is 67.6 Å². The Balaban J connectivity index is 2.05. The molecule has 4 N–H and O–H groups in total. The summed E-state index contributed by atoms with van der Waals surface area (Å²) in [4.78, 5) is 37.9. The second-order valence-corrected chi connectivity index (χ2v) is 7.46. The van der Waals surface area contributed by atoms with E-state index in [0.717, 1.165) is 11.1 Å². The molecule has 3 amide bonds. The maximum atomic E-state index is 12.8. The maximum Gasteiger partial charge on any atom is 0.274 e. The molecule has 0 aliphatic heterocycles. The van der Waals surface area contributed by atoms with Gasteiger partial charge in [-0.1, -0.05) is 29.8 Å². The van der Waals surface area contributed by atoms with Gasteiger partial charge in [0.05, 0.1) is 5.69 Å². The van der Waals surface area contributed by atoms with Gasteiger partial charge in [-0.25, -0.2) is 5.48 Å². The summed E-state index contributed by atoms with van der Waals surface area (Å²) in [6.07, 6.45) is 0.709. The summed E-state index contributed by atoms with van der Waals surface area (Å²) in [5.41, 5.74) is 5.99. The van der Waals surface area contributed by atoms with Gasteiger partial charge in [0.15, 0.2) is 0 Å². The molecule has 0 aliphatic rings. The summed E-state index contributed by atoms with van der Waals surface area (Å²) in [7, 11) is 1.80. The van der Waals surface area contributed by atoms with E-state index in [1.807, 2.05) is 31.2 Å². The highest BCUT2D eigenvalue weighted by molar-refractivity contribution is 5.99. The second kappa shape index (κ2) is 11.0. The number of amides is 3. The van der Waals surface area contributed by atoms with Crippen molar-refractivity contribution in [3.63, 3.8) is 0 Å². The number of rotatable bonds is 9. The van der Waals surface area contributed by atoms with Gasteiger partial charge in [0.2, 0.25) is 6.41 Å². The lowest BCUT2D eigenvalue weighted by atomic mass is 9.99. The van der Waals surface area contributed by atoms with Crippen molar-refractivity contribution in [2.24, 2.45) is 0 Å². The van der Waals surface area contributed by atoms with Crippen LogP contribution in [-0.4, -0.2) is 43.6 Å². The van der Waals surface area contributed by atoms with Crippen LogP contribution in [0.3, 0.4) is 0 Å². The van der Waals surface area contributed by atoms with Crippen LogP contribution >= 0.6 is 0 Å². The van der Waals surface area contributed by atoms with E-state index in [2.05, 4.69) is 10.6 Å². The summed E-state index contributed by atoms with van der Waals surface area (Å²) in [5.74, 6) is -0.884. The number of anilines is 2. The first-order chi connectivity index (χ1) is 16.0. The Kier molecular flexibility index (Phi) is 7.91. The number of likely N-dealkylation sites (N-methyl/N-ethyl adjacent to an activating group) is 1. The Labute approximate surface area is 192 Å². The number of hydrogen-bond acceptors (Lipinski definition) is 5. The van der Waals surface area contributed by atoms with Gasteiger partial charge in [0.25, 0.3) is 11.8 Å². The lowest BCUT2D eigenvalue weighted by molar-refractivity contribution is -0.106. The first-order valence-corrected chi connectivity index (χ1v) is 10.4. The predicted molar refractivity (Wildman–Crippen MR) is 127 cm³/mol. The van der Waals surface area contributed by atoms with Crippen LogP contribution in [0, 0.1) is 6.92 Å². The van der Waals surface area contributed by atoms with E-state index in [4.69, 9.17) is 5.21 Å². The van der Waals surface area contributed by atoms with E-state index >= 15 is 0 Å². The van der Waals surface area contributed by atoms with E-state index < -0.39 is 5.91 Å². The smallest absolute Gasteiger partial charge is 0.274 e. The summed E-state index contributed by atoms with van der Waals surface area (Å²) in [5, 5.41) is 14.7. The normalized spacial score (nSPS) is 10.4. The van der Waals surface area contributed by atoms with Crippen LogP contribution < -0.4 is 21.0 Å². The largest absolute Gasteiger partial charge is 0.351 e. The van der Waals surface area contributed by atoms with Crippen molar-refractivity contribution < 1.29 is 19.6 Å². The number of nitrogens with one attached hydrogen (secondary N) is 3. The van der Waals surface area contributed by atoms with Gasteiger partial charge >= 0.3 is 0 Å². The van der Waals surface area contributed by atoms with Crippen molar-refractivity contribution in [1.82, 2.24) is 16.1 Å². The molecule has 0 aliphatic carbocycles. The minimum atomic E-state index is -0.619. The van der Waals surface area contributed by atoms with E-state index in [-0.39, 0.29) is 11.5 Å². The Hall–Kier alpha value is -4.01. The maximum absolute atomic E-state index is 12.8. The monoisotopic (exact) mass is 446 g/mol. The number of carbonyl (C=O) groups excluding carboxylic acids is 3. The molecule has 0 radical (unpaired) electrons. The van der Waals surface area contributed by atoms with Gasteiger partial charge in [0.1, 0.15) is 0 Å². The predicted octanol–water partition coefficient (Wildman–Crippen LogP) is 3.02. The van der Waals surface area contributed by atoms with E-state index in [0.29, 0.717) is 42.0 Å². The number of aryl methyl sites for hydroxylation is 1. The van der Waals surface area contributed by atoms with Crippen molar-refractivity contribution in [1.29, 1.82) is 0 Å². The molecular formula is C25H26N4O4. The van der Waals surface area contributed by atoms with E-state index in [9.17, 15) is 14.4 Å². The Bertz CT molecular complexity index is 1130. The van der Waals surface area contributed by atoms with Crippen LogP contribution in [0.15, 0.2) is 66.7 Å². The standard InChI is InChI=1S/C25H26N4O4/c1-17-3-9-22(10-4-17)29(16-30)23-14-20(13-21(15-23)24(31)27-12-11-26-2)18-5-7-19(8-6-18)25(32)28-33/h3-10,13-16,26,33H,11-12H2,1-2H3,(H,27,31)(H,28,32). The van der Waals surface area contributed by atoms with Gasteiger partial charge in [0, 0.05) is 29.9 Å². The van der Waals surface area contributed by atoms with Crippen molar-refractivity contribution in [2.45, 2.75) is 6.92 Å². The molecule has 8 nitrogen and oxygen atoms in total. The van der Waals surface area contributed by atoms with Crippen molar-refractivity contribution >= 4 is 29.6 Å². The average molecular weight is 447 g/mol. The topological polar surface area (TPSA) is 111 Å². The van der Waals surface area contributed by atoms with Crippen LogP contribution in [0.25, 0.3) is 11.1 Å². The molecule has 0 saturated heterocycles. The molecule has 0 unspecified atom stereocenters. The fourth-order valence-electron chi connectivity index (χ4n) is 3.31. The summed E-state index contributed by atoms with van der Waals surface area (Å²) >= 11 is 0. The number of carbonyl (C=O) groups is 3. The van der Waals surface area contributed by atoms with Gasteiger partial charge in [-0.3, -0.25) is 24.5 Å². The minimum Gasteiger partial charge on any atom is -0.351 e. The quantitative estimate of drug-likeness (QED) is 0.175. The van der Waals surface area contributed by atoms with Gasteiger partial charge in [-0.2, -0.15) is 0 Å². The molecule has 0 atom stereocenters. The zero-order chi connectivity index (χ0) is 23.8. The number of benzene rings is 3. The van der Waals surface area contributed by atoms with Crippen molar-refractivity contribution in [3.05, 3.63) is 83.4 Å². The zero-order valence-corrected chi connectivity index (χ0v) is 18.5. The van der Waals surface area contributed by atoms with Crippen LogP contribution in [0.4, 0.5) is 11.4 Å². The molecule has 33 heavy (non-hydrogen) atoms. The number of hydroxylamine groups is 1. The van der Waals surface area contributed by atoms with Crippen molar-refractivity contribution in [3.8, 4) is 11.1 Å². The Morgan fingerprint density at radius 2 is 1.55 bits per heavy atom. The Morgan fingerprint density at radius 3 is 2.15 bits per heavy atom. The first-order valence-electron chi connectivity index (χ1n) is 10.4. The highest BCUT2D eigenvalue weighted by Gasteiger charge is 2.15. The minimum absolute atomic E-state index is 0.264. The number of hydrogen-bond donors (Lipinski definition) is 4. The molecule has 170 valence electrons. The average Bonchev–Trinajstić information content (AvgIpc) is 2.85. The first kappa shape index (κ1) is 23.6. The molecule has 8 heteroatoms. The van der Waals surface area contributed by atoms with E-state index in [1.54, 1.807) is 55.0 Å². The zero-order valence-electron chi connectivity index (χ0n) is 18.5. The van der Waals surface area contributed by atoms with Crippen LogP contribution in [0.1, 0.15) is 26.3 Å². The lowest BCUT2D eigenvalue weighted by Gasteiger charge is -2.20. The summed E-state index contributed by atoms with van der Waals surface area (Å²) < 4.78 is 0. The molecule has 0 saturated carbocycles. The van der Waals surface area contributed by atoms with E-state index in [1.165, 1.54) is 4.90 Å². The molecular weight excluding hydrogens is 420 g/mol. The molecule has 3 aromatic carbocycles. The fraction of sp³-hybridized carbons (Fsp3) is 0.160. The van der Waals surface area contributed by atoms with Gasteiger partial charge in [-0.15, -0.1) is 0 Å². The molecule has 0 fully saturated rings. The van der Waals surface area contributed by atoms with Crippen LogP contribution in [0.2, 0.25) is 0 Å². The third kappa shape index (κ3) is 5.82. The third-order valence-corrected chi connectivity index (χ3v) is 5.12. The lowest BCUT2D eigenvalue weighted by Crippen LogP contribution is -2.30. The molecule has 0 aromatic heterocycles. The molecule has 3 aromatic rings. The SMILES string of the molecule is CNCCNC(=O)c1cc(-c2ccc(C(=O)NO)cc2)cc(N(C=O)c2ccc(C)cc2)c1.